The molecule has 8 nitrogen and oxygen atoms in total. The van der Waals surface area contributed by atoms with Crippen molar-refractivity contribution in [3.05, 3.63) is 82.7 Å². The normalized spacial score (nSPS) is 13.4. The van der Waals surface area contributed by atoms with E-state index >= 15 is 4.39 Å². The van der Waals surface area contributed by atoms with E-state index in [4.69, 9.17) is 4.74 Å². The van der Waals surface area contributed by atoms with Gasteiger partial charge in [-0.15, -0.1) is 0 Å². The van der Waals surface area contributed by atoms with Gasteiger partial charge in [0.25, 0.3) is 11.8 Å². The first kappa shape index (κ1) is 29.2. The molecule has 1 N–H and O–H groups in total. The maximum absolute atomic E-state index is 15.1. The Kier molecular flexibility index (Phi) is 8.90. The second-order valence-corrected chi connectivity index (χ2v) is 12.0. The van der Waals surface area contributed by atoms with Gasteiger partial charge in [0.2, 0.25) is 0 Å². The molecule has 1 aliphatic rings. The zero-order chi connectivity index (χ0) is 29.0. The molecule has 4 rings (SSSR count). The SMILES string of the molecule is CCc1c(C(=O)N2CCOc3ccc(-c4ccc(C(=O)NCCN(C)C)cc4)cc3C2)ccc(S(C)(=O)=O)c1F. The van der Waals surface area contributed by atoms with Crippen LogP contribution >= 0.6 is 0 Å². The van der Waals surface area contributed by atoms with Gasteiger partial charge in [0.15, 0.2) is 9.84 Å². The van der Waals surface area contributed by atoms with Gasteiger partial charge in [-0.25, -0.2) is 12.8 Å². The fourth-order valence-corrected chi connectivity index (χ4v) is 5.42. The van der Waals surface area contributed by atoms with E-state index in [1.165, 1.54) is 6.07 Å². The number of sulfone groups is 1. The van der Waals surface area contributed by atoms with Crippen LogP contribution in [0, 0.1) is 5.82 Å². The Morgan fingerprint density at radius 1 is 1.05 bits per heavy atom. The van der Waals surface area contributed by atoms with Crippen molar-refractivity contribution in [3.8, 4) is 16.9 Å². The summed E-state index contributed by atoms with van der Waals surface area (Å²) in [4.78, 5) is 29.1. The van der Waals surface area contributed by atoms with Crippen LogP contribution < -0.4 is 10.1 Å². The molecule has 0 spiro atoms. The fourth-order valence-electron chi connectivity index (χ4n) is 4.66. The highest BCUT2D eigenvalue weighted by Crippen LogP contribution is 2.31. The number of ether oxygens (including phenoxy) is 1. The molecule has 1 heterocycles. The number of nitrogens with zero attached hydrogens (tertiary/aromatic N) is 2. The summed E-state index contributed by atoms with van der Waals surface area (Å²) in [6, 6.07) is 15.6. The first-order chi connectivity index (χ1) is 19.0. The molecule has 0 saturated carbocycles. The summed E-state index contributed by atoms with van der Waals surface area (Å²) >= 11 is 0. The van der Waals surface area contributed by atoms with Crippen LogP contribution in [0.5, 0.6) is 5.75 Å². The van der Waals surface area contributed by atoms with E-state index in [1.54, 1.807) is 24.0 Å². The maximum atomic E-state index is 15.1. The van der Waals surface area contributed by atoms with Crippen molar-refractivity contribution in [2.24, 2.45) is 0 Å². The lowest BCUT2D eigenvalue weighted by Crippen LogP contribution is -2.33. The smallest absolute Gasteiger partial charge is 0.254 e. The van der Waals surface area contributed by atoms with Crippen LogP contribution in [0.2, 0.25) is 0 Å². The molecule has 3 aromatic rings. The molecule has 0 unspecified atom stereocenters. The molecule has 0 aliphatic carbocycles. The lowest BCUT2D eigenvalue weighted by atomic mass is 10.00. The number of benzene rings is 3. The molecule has 0 fully saturated rings. The number of carbonyl (C=O) groups is 2. The maximum Gasteiger partial charge on any atom is 0.254 e. The Morgan fingerprint density at radius 2 is 1.75 bits per heavy atom. The van der Waals surface area contributed by atoms with Crippen molar-refractivity contribution in [1.29, 1.82) is 0 Å². The predicted octanol–water partition coefficient (Wildman–Crippen LogP) is 3.78. The molecule has 1 aliphatic heterocycles. The molecule has 0 radical (unpaired) electrons. The van der Waals surface area contributed by atoms with Crippen LogP contribution in [-0.4, -0.2) is 76.6 Å². The first-order valence-corrected chi connectivity index (χ1v) is 15.0. The second-order valence-electron chi connectivity index (χ2n) is 10.1. The summed E-state index contributed by atoms with van der Waals surface area (Å²) in [7, 11) is 0.124. The molecule has 0 saturated heterocycles. The topological polar surface area (TPSA) is 96.0 Å². The van der Waals surface area contributed by atoms with Crippen molar-refractivity contribution >= 4 is 21.7 Å². The molecule has 212 valence electrons. The monoisotopic (exact) mass is 567 g/mol. The largest absolute Gasteiger partial charge is 0.491 e. The Hall–Kier alpha value is -3.76. The van der Waals surface area contributed by atoms with Gasteiger partial charge in [0.05, 0.1) is 6.54 Å². The van der Waals surface area contributed by atoms with Gasteiger partial charge >= 0.3 is 0 Å². The number of hydrogen-bond donors (Lipinski definition) is 1. The van der Waals surface area contributed by atoms with E-state index in [0.29, 0.717) is 24.4 Å². The van der Waals surface area contributed by atoms with Gasteiger partial charge in [-0.05, 0) is 68.0 Å². The molecule has 0 aromatic heterocycles. The molecular weight excluding hydrogens is 533 g/mol. The number of rotatable bonds is 8. The van der Waals surface area contributed by atoms with Crippen molar-refractivity contribution in [2.75, 3.05) is 46.6 Å². The van der Waals surface area contributed by atoms with E-state index in [9.17, 15) is 18.0 Å². The van der Waals surface area contributed by atoms with Crippen LogP contribution in [0.1, 0.15) is 38.8 Å². The number of likely N-dealkylation sites (N-methyl/N-ethyl adjacent to an activating group) is 1. The van der Waals surface area contributed by atoms with E-state index in [1.807, 2.05) is 49.3 Å². The molecule has 40 heavy (non-hydrogen) atoms. The van der Waals surface area contributed by atoms with Crippen LogP contribution in [-0.2, 0) is 22.8 Å². The Labute approximate surface area is 234 Å². The van der Waals surface area contributed by atoms with Gasteiger partial charge in [-0.1, -0.05) is 25.1 Å². The van der Waals surface area contributed by atoms with Gasteiger partial charge in [-0.2, -0.15) is 0 Å². The van der Waals surface area contributed by atoms with Crippen LogP contribution in [0.25, 0.3) is 11.1 Å². The minimum absolute atomic E-state index is 0.0814. The zero-order valence-electron chi connectivity index (χ0n) is 23.2. The molecule has 3 aromatic carbocycles. The molecule has 2 amide bonds. The van der Waals surface area contributed by atoms with Gasteiger partial charge in [-0.3, -0.25) is 9.59 Å². The van der Waals surface area contributed by atoms with E-state index in [-0.39, 0.29) is 42.5 Å². The Balaban J connectivity index is 1.56. The number of halogens is 1. The number of nitrogens with one attached hydrogen (secondary N) is 1. The molecule has 0 bridgehead atoms. The highest BCUT2D eigenvalue weighted by Gasteiger charge is 2.27. The van der Waals surface area contributed by atoms with E-state index in [0.717, 1.165) is 35.6 Å². The minimum Gasteiger partial charge on any atom is -0.491 e. The van der Waals surface area contributed by atoms with Crippen LogP contribution in [0.3, 0.4) is 0 Å². The summed E-state index contributed by atoms with van der Waals surface area (Å²) in [5, 5.41) is 2.90. The quantitative estimate of drug-likeness (QED) is 0.445. The fraction of sp³-hybridized carbons (Fsp3) is 0.333. The summed E-state index contributed by atoms with van der Waals surface area (Å²) in [5.74, 6) is -0.739. The van der Waals surface area contributed by atoms with Crippen LogP contribution in [0.15, 0.2) is 59.5 Å². The van der Waals surface area contributed by atoms with Gasteiger partial charge in [0, 0.05) is 48.1 Å². The summed E-state index contributed by atoms with van der Waals surface area (Å²) in [6.45, 7) is 3.79. The third-order valence-electron chi connectivity index (χ3n) is 6.84. The predicted molar refractivity (Wildman–Crippen MR) is 152 cm³/mol. The summed E-state index contributed by atoms with van der Waals surface area (Å²) in [5.41, 5.74) is 3.39. The summed E-state index contributed by atoms with van der Waals surface area (Å²) in [6.07, 6.45) is 1.12. The summed E-state index contributed by atoms with van der Waals surface area (Å²) < 4.78 is 44.9. The number of carbonyl (C=O) groups excluding carboxylic acids is 2. The first-order valence-electron chi connectivity index (χ1n) is 13.1. The Morgan fingerprint density at radius 3 is 2.40 bits per heavy atom. The molecule has 0 atom stereocenters. The number of amides is 2. The van der Waals surface area contributed by atoms with Gasteiger partial charge in [0.1, 0.15) is 23.1 Å². The average molecular weight is 568 g/mol. The van der Waals surface area contributed by atoms with Gasteiger partial charge < -0.3 is 19.9 Å². The minimum atomic E-state index is -3.77. The molecule has 10 heteroatoms. The van der Waals surface area contributed by atoms with Crippen molar-refractivity contribution in [3.63, 3.8) is 0 Å². The standard InChI is InChI=1S/C30H34FN3O5S/c1-5-24-25(11-13-27(28(24)31)40(4,37)38)30(36)34-16-17-39-26-12-10-22(18-23(26)19-34)20-6-8-21(9-7-20)29(35)32-14-15-33(2)3/h6-13,18H,5,14-17,19H2,1-4H3,(H,32,35). The second kappa shape index (κ2) is 12.2. The lowest BCUT2D eigenvalue weighted by molar-refractivity contribution is 0.0731. The third kappa shape index (κ3) is 6.51. The third-order valence-corrected chi connectivity index (χ3v) is 7.96. The lowest BCUT2D eigenvalue weighted by Gasteiger charge is -2.22. The number of fused-ring (bicyclic) bond motifs is 1. The van der Waals surface area contributed by atoms with Crippen LogP contribution in [0.4, 0.5) is 4.39 Å². The van der Waals surface area contributed by atoms with E-state index < -0.39 is 20.5 Å². The van der Waals surface area contributed by atoms with E-state index in [2.05, 4.69) is 5.32 Å². The zero-order valence-corrected chi connectivity index (χ0v) is 24.0. The van der Waals surface area contributed by atoms with Crippen molar-refractivity contribution in [2.45, 2.75) is 24.8 Å². The highest BCUT2D eigenvalue weighted by atomic mass is 32.2. The van der Waals surface area contributed by atoms with Crippen molar-refractivity contribution in [1.82, 2.24) is 15.1 Å². The highest BCUT2D eigenvalue weighted by molar-refractivity contribution is 7.90. The average Bonchev–Trinajstić information content (AvgIpc) is 3.13. The van der Waals surface area contributed by atoms with Crippen molar-refractivity contribution < 1.29 is 27.1 Å². The Bertz CT molecular complexity index is 1520. The number of hydrogen-bond acceptors (Lipinski definition) is 6. The molecular formula is C30H34FN3O5S.